The van der Waals surface area contributed by atoms with Gasteiger partial charge in [0.05, 0.1) is 0 Å². The standard InChI is InChI=1S/C16H12N4O2S/c1-19-13-12(15(21)20(2)16(19)22)17-10-8-11(23-14(10)18-13)9-6-4-3-5-7-9/h3-8H,1-2H3. The van der Waals surface area contributed by atoms with Crippen molar-refractivity contribution >= 4 is 32.8 Å². The molecule has 0 fully saturated rings. The lowest BCUT2D eigenvalue weighted by Crippen LogP contribution is -2.37. The molecule has 0 aliphatic heterocycles. The molecule has 0 unspecified atom stereocenters. The number of thiophene rings is 1. The lowest BCUT2D eigenvalue weighted by molar-refractivity contribution is 0.706. The Morgan fingerprint density at radius 1 is 1.00 bits per heavy atom. The van der Waals surface area contributed by atoms with Gasteiger partial charge in [0, 0.05) is 19.0 Å². The van der Waals surface area contributed by atoms with E-state index in [1.54, 1.807) is 7.05 Å². The highest BCUT2D eigenvalue weighted by molar-refractivity contribution is 7.21. The van der Waals surface area contributed by atoms with Crippen LogP contribution in [0.25, 0.3) is 32.0 Å². The minimum absolute atomic E-state index is 0.208. The zero-order chi connectivity index (χ0) is 16.1. The summed E-state index contributed by atoms with van der Waals surface area (Å²) in [4.78, 5) is 35.0. The van der Waals surface area contributed by atoms with Gasteiger partial charge in [0.1, 0.15) is 10.3 Å². The fourth-order valence-corrected chi connectivity index (χ4v) is 3.51. The van der Waals surface area contributed by atoms with Crippen LogP contribution in [0.5, 0.6) is 0 Å². The number of aromatic nitrogens is 4. The van der Waals surface area contributed by atoms with Gasteiger partial charge in [-0.15, -0.1) is 11.3 Å². The number of nitrogens with zero attached hydrogens (tertiary/aromatic N) is 4. The fraction of sp³-hybridized carbons (Fsp3) is 0.125. The van der Waals surface area contributed by atoms with Crippen molar-refractivity contribution in [3.8, 4) is 10.4 Å². The van der Waals surface area contributed by atoms with Crippen LogP contribution in [-0.4, -0.2) is 19.1 Å². The summed E-state index contributed by atoms with van der Waals surface area (Å²) in [5.41, 5.74) is 1.42. The third kappa shape index (κ3) is 2.01. The van der Waals surface area contributed by atoms with Crippen LogP contribution in [0, 0.1) is 0 Å². The Kier molecular flexibility index (Phi) is 2.92. The molecule has 23 heavy (non-hydrogen) atoms. The van der Waals surface area contributed by atoms with Crippen LogP contribution in [0.4, 0.5) is 0 Å². The molecule has 0 bridgehead atoms. The van der Waals surface area contributed by atoms with Crippen molar-refractivity contribution < 1.29 is 0 Å². The molecule has 3 aromatic heterocycles. The molecule has 0 saturated carbocycles. The average Bonchev–Trinajstić information content (AvgIpc) is 3.00. The molecular weight excluding hydrogens is 312 g/mol. The summed E-state index contributed by atoms with van der Waals surface area (Å²) in [6.07, 6.45) is 0. The summed E-state index contributed by atoms with van der Waals surface area (Å²) in [6, 6.07) is 11.8. The summed E-state index contributed by atoms with van der Waals surface area (Å²) in [5.74, 6) is 0. The van der Waals surface area contributed by atoms with Crippen LogP contribution in [0.2, 0.25) is 0 Å². The van der Waals surface area contributed by atoms with Gasteiger partial charge < -0.3 is 0 Å². The van der Waals surface area contributed by atoms with E-state index in [4.69, 9.17) is 0 Å². The van der Waals surface area contributed by atoms with Crippen LogP contribution < -0.4 is 11.2 Å². The Morgan fingerprint density at radius 2 is 1.74 bits per heavy atom. The maximum absolute atomic E-state index is 12.3. The first kappa shape index (κ1) is 13.8. The van der Waals surface area contributed by atoms with Gasteiger partial charge in [0.25, 0.3) is 5.56 Å². The first-order valence-corrected chi connectivity index (χ1v) is 7.80. The summed E-state index contributed by atoms with van der Waals surface area (Å²) >= 11 is 1.49. The van der Waals surface area contributed by atoms with Crippen molar-refractivity contribution in [3.63, 3.8) is 0 Å². The van der Waals surface area contributed by atoms with Gasteiger partial charge in [-0.2, -0.15) is 0 Å². The highest BCUT2D eigenvalue weighted by Crippen LogP contribution is 2.31. The zero-order valence-corrected chi connectivity index (χ0v) is 13.3. The maximum atomic E-state index is 12.3. The quantitative estimate of drug-likeness (QED) is 0.536. The fourth-order valence-electron chi connectivity index (χ4n) is 2.53. The van der Waals surface area contributed by atoms with Gasteiger partial charge in [-0.05, 0) is 11.6 Å². The largest absolute Gasteiger partial charge is 0.332 e. The van der Waals surface area contributed by atoms with E-state index >= 15 is 0 Å². The Hall–Kier alpha value is -2.80. The lowest BCUT2D eigenvalue weighted by Gasteiger charge is -2.05. The second kappa shape index (κ2) is 4.85. The predicted molar refractivity (Wildman–Crippen MR) is 90.8 cm³/mol. The molecular formula is C16H12N4O2S. The predicted octanol–water partition coefficient (Wildman–Crippen LogP) is 1.91. The monoisotopic (exact) mass is 324 g/mol. The van der Waals surface area contributed by atoms with E-state index in [1.807, 2.05) is 36.4 Å². The first-order chi connectivity index (χ1) is 11.1. The Labute approximate surface area is 134 Å². The average molecular weight is 324 g/mol. The molecule has 0 radical (unpaired) electrons. The van der Waals surface area contributed by atoms with Gasteiger partial charge in [-0.3, -0.25) is 13.9 Å². The van der Waals surface area contributed by atoms with Gasteiger partial charge >= 0.3 is 5.69 Å². The molecule has 4 aromatic rings. The molecule has 0 aliphatic carbocycles. The van der Waals surface area contributed by atoms with Crippen LogP contribution in [-0.2, 0) is 14.1 Å². The van der Waals surface area contributed by atoms with E-state index in [2.05, 4.69) is 9.97 Å². The first-order valence-electron chi connectivity index (χ1n) is 6.99. The van der Waals surface area contributed by atoms with Crippen molar-refractivity contribution in [2.45, 2.75) is 0 Å². The molecule has 4 rings (SSSR count). The molecule has 1 aromatic carbocycles. The number of aryl methyl sites for hydroxylation is 1. The van der Waals surface area contributed by atoms with Crippen molar-refractivity contribution in [1.29, 1.82) is 0 Å². The molecule has 114 valence electrons. The second-order valence-corrected chi connectivity index (χ2v) is 6.30. The topological polar surface area (TPSA) is 69.8 Å². The maximum Gasteiger partial charge on any atom is 0.332 e. The minimum Gasteiger partial charge on any atom is -0.279 e. The molecule has 0 saturated heterocycles. The Bertz CT molecular complexity index is 1170. The highest BCUT2D eigenvalue weighted by Gasteiger charge is 2.14. The highest BCUT2D eigenvalue weighted by atomic mass is 32.1. The summed E-state index contributed by atoms with van der Waals surface area (Å²) in [6.45, 7) is 0. The molecule has 7 heteroatoms. The van der Waals surface area contributed by atoms with Crippen LogP contribution in [0.3, 0.4) is 0 Å². The van der Waals surface area contributed by atoms with E-state index in [9.17, 15) is 9.59 Å². The lowest BCUT2D eigenvalue weighted by atomic mass is 10.2. The van der Waals surface area contributed by atoms with Gasteiger partial charge in [-0.25, -0.2) is 14.8 Å². The van der Waals surface area contributed by atoms with E-state index in [-0.39, 0.29) is 5.52 Å². The molecule has 0 atom stereocenters. The number of fused-ring (bicyclic) bond motifs is 2. The molecule has 0 spiro atoms. The van der Waals surface area contributed by atoms with Crippen LogP contribution >= 0.6 is 11.3 Å². The second-order valence-electron chi connectivity index (χ2n) is 5.27. The van der Waals surface area contributed by atoms with Gasteiger partial charge in [0.15, 0.2) is 11.2 Å². The zero-order valence-electron chi connectivity index (χ0n) is 12.5. The van der Waals surface area contributed by atoms with Crippen molar-refractivity contribution in [3.05, 3.63) is 57.2 Å². The smallest absolute Gasteiger partial charge is 0.279 e. The van der Waals surface area contributed by atoms with Crippen molar-refractivity contribution in [2.24, 2.45) is 14.1 Å². The number of rotatable bonds is 1. The summed E-state index contributed by atoms with van der Waals surface area (Å²) in [5, 5.41) is 0. The number of hydrogen-bond acceptors (Lipinski definition) is 5. The number of hydrogen-bond donors (Lipinski definition) is 0. The normalized spacial score (nSPS) is 11.4. The van der Waals surface area contributed by atoms with E-state index in [0.717, 1.165) is 15.0 Å². The molecule has 0 amide bonds. The minimum atomic E-state index is -0.426. The number of benzene rings is 1. The molecule has 6 nitrogen and oxygen atoms in total. The third-order valence-corrected chi connectivity index (χ3v) is 4.87. The van der Waals surface area contributed by atoms with E-state index < -0.39 is 11.2 Å². The Balaban J connectivity index is 2.09. The van der Waals surface area contributed by atoms with E-state index in [1.165, 1.54) is 23.0 Å². The molecule has 0 aliphatic rings. The SMILES string of the molecule is Cn1c(=O)c2nc3cc(-c4ccccc4)sc3nc2n(C)c1=O. The van der Waals surface area contributed by atoms with Crippen molar-refractivity contribution in [1.82, 2.24) is 19.1 Å². The van der Waals surface area contributed by atoms with Gasteiger partial charge in [-0.1, -0.05) is 30.3 Å². The molecule has 3 heterocycles. The van der Waals surface area contributed by atoms with E-state index in [0.29, 0.717) is 16.0 Å². The van der Waals surface area contributed by atoms with Crippen molar-refractivity contribution in [2.75, 3.05) is 0 Å². The van der Waals surface area contributed by atoms with Gasteiger partial charge in [0.2, 0.25) is 0 Å². The summed E-state index contributed by atoms with van der Waals surface area (Å²) in [7, 11) is 3.04. The van der Waals surface area contributed by atoms with Crippen LogP contribution in [0.1, 0.15) is 0 Å². The van der Waals surface area contributed by atoms with Crippen LogP contribution in [0.15, 0.2) is 46.0 Å². The summed E-state index contributed by atoms with van der Waals surface area (Å²) < 4.78 is 2.40. The molecule has 0 N–H and O–H groups in total. The Morgan fingerprint density at radius 3 is 2.48 bits per heavy atom. The third-order valence-electron chi connectivity index (χ3n) is 3.80.